The van der Waals surface area contributed by atoms with Crippen LogP contribution in [0, 0.1) is 6.92 Å². The van der Waals surface area contributed by atoms with E-state index in [-0.39, 0.29) is 11.9 Å². The number of esters is 1. The van der Waals surface area contributed by atoms with E-state index in [0.29, 0.717) is 40.3 Å². The molecule has 0 radical (unpaired) electrons. The number of hydrogen-bond acceptors (Lipinski definition) is 6. The third-order valence-corrected chi connectivity index (χ3v) is 6.18. The Kier molecular flexibility index (Phi) is 7.33. The summed E-state index contributed by atoms with van der Waals surface area (Å²) >= 11 is 1.35. The second-order valence-electron chi connectivity index (χ2n) is 7.80. The number of benzene rings is 2. The zero-order chi connectivity index (χ0) is 24.1. The first-order valence-electron chi connectivity index (χ1n) is 11.2. The molecule has 4 rings (SSSR count). The molecule has 0 unspecified atom stereocenters. The summed E-state index contributed by atoms with van der Waals surface area (Å²) in [6.07, 6.45) is 2.59. The van der Waals surface area contributed by atoms with Crippen molar-refractivity contribution in [2.24, 2.45) is 4.99 Å². The molecule has 34 heavy (non-hydrogen) atoms. The van der Waals surface area contributed by atoms with E-state index >= 15 is 0 Å². The molecule has 1 aliphatic heterocycles. The Hall–Kier alpha value is -3.58. The molecular formula is C27H26N2O4S. The Morgan fingerprint density at radius 3 is 2.47 bits per heavy atom. The second kappa shape index (κ2) is 10.6. The Labute approximate surface area is 203 Å². The van der Waals surface area contributed by atoms with Crippen molar-refractivity contribution < 1.29 is 18.7 Å². The van der Waals surface area contributed by atoms with E-state index in [1.54, 1.807) is 30.0 Å². The molecule has 1 fully saturated rings. The number of furan rings is 1. The number of amidine groups is 1. The second-order valence-corrected chi connectivity index (χ2v) is 8.81. The Morgan fingerprint density at radius 2 is 1.79 bits per heavy atom. The van der Waals surface area contributed by atoms with E-state index in [4.69, 9.17) is 14.1 Å². The smallest absolute Gasteiger partial charge is 0.338 e. The van der Waals surface area contributed by atoms with Gasteiger partial charge in [0.05, 0.1) is 22.8 Å². The fourth-order valence-electron chi connectivity index (χ4n) is 3.44. The minimum atomic E-state index is -0.351. The molecule has 3 aromatic rings. The number of ether oxygens (including phenoxy) is 1. The summed E-state index contributed by atoms with van der Waals surface area (Å²) in [5.41, 5.74) is 3.30. The van der Waals surface area contributed by atoms with Crippen LogP contribution in [0.4, 0.5) is 5.69 Å². The van der Waals surface area contributed by atoms with Gasteiger partial charge in [-0.25, -0.2) is 9.79 Å². The molecule has 2 aromatic carbocycles. The van der Waals surface area contributed by atoms with E-state index in [9.17, 15) is 9.59 Å². The quantitative estimate of drug-likeness (QED) is 0.291. The average molecular weight is 475 g/mol. The molecule has 0 N–H and O–H groups in total. The fourth-order valence-corrected chi connectivity index (χ4v) is 4.45. The molecule has 0 saturated carbocycles. The van der Waals surface area contributed by atoms with Gasteiger partial charge in [-0.2, -0.15) is 0 Å². The highest BCUT2D eigenvalue weighted by Gasteiger charge is 2.33. The van der Waals surface area contributed by atoms with E-state index in [1.165, 1.54) is 11.8 Å². The third-order valence-electron chi connectivity index (χ3n) is 5.17. The average Bonchev–Trinajstić information content (AvgIpc) is 3.42. The van der Waals surface area contributed by atoms with Crippen molar-refractivity contribution in [3.8, 4) is 11.3 Å². The van der Waals surface area contributed by atoms with Crippen molar-refractivity contribution in [2.45, 2.75) is 27.2 Å². The van der Waals surface area contributed by atoms with Gasteiger partial charge in [0, 0.05) is 18.2 Å². The summed E-state index contributed by atoms with van der Waals surface area (Å²) in [7, 11) is 0. The Balaban J connectivity index is 1.55. The highest BCUT2D eigenvalue weighted by atomic mass is 32.2. The molecule has 2 heterocycles. The standard InChI is InChI=1S/C27H26N2O4S/c1-4-16-29-25(30)24(34-27(29)28-21-12-6-18(3)7-13-21)17-22-14-15-23(33-22)19-8-10-20(11-9-19)26(31)32-5-2/h6-15,17H,4-5,16H2,1-3H3/b24-17+,28-27?. The van der Waals surface area contributed by atoms with Gasteiger partial charge in [0.2, 0.25) is 0 Å². The van der Waals surface area contributed by atoms with E-state index in [0.717, 1.165) is 23.2 Å². The van der Waals surface area contributed by atoms with E-state index in [2.05, 4.69) is 0 Å². The normalized spacial score (nSPS) is 16.0. The van der Waals surface area contributed by atoms with Crippen LogP contribution in [0.15, 0.2) is 75.0 Å². The largest absolute Gasteiger partial charge is 0.462 e. The van der Waals surface area contributed by atoms with Gasteiger partial charge >= 0.3 is 5.97 Å². The molecule has 1 amide bonds. The van der Waals surface area contributed by atoms with Crippen LogP contribution >= 0.6 is 11.8 Å². The van der Waals surface area contributed by atoms with Crippen LogP contribution in [0.5, 0.6) is 0 Å². The first kappa shape index (κ1) is 23.6. The summed E-state index contributed by atoms with van der Waals surface area (Å²) in [5.74, 6) is 0.801. The van der Waals surface area contributed by atoms with Gasteiger partial charge in [-0.1, -0.05) is 36.8 Å². The molecule has 6 nitrogen and oxygen atoms in total. The van der Waals surface area contributed by atoms with Crippen LogP contribution in [0.3, 0.4) is 0 Å². The van der Waals surface area contributed by atoms with Crippen LogP contribution < -0.4 is 0 Å². The Bertz CT molecular complexity index is 1240. The SMILES string of the molecule is CCCN1C(=O)/C(=C\c2ccc(-c3ccc(C(=O)OCC)cc3)o2)SC1=Nc1ccc(C)cc1. The highest BCUT2D eigenvalue weighted by Crippen LogP contribution is 2.35. The molecule has 0 spiro atoms. The number of aliphatic imine (C=N–C) groups is 1. The van der Waals surface area contributed by atoms with E-state index < -0.39 is 0 Å². The van der Waals surface area contributed by atoms with Gasteiger partial charge in [-0.15, -0.1) is 0 Å². The molecule has 1 aliphatic rings. The zero-order valence-corrected chi connectivity index (χ0v) is 20.2. The molecule has 0 atom stereocenters. The van der Waals surface area contributed by atoms with Crippen molar-refractivity contribution in [1.29, 1.82) is 0 Å². The third kappa shape index (κ3) is 5.31. The molecule has 0 bridgehead atoms. The summed E-state index contributed by atoms with van der Waals surface area (Å²) in [4.78, 5) is 31.9. The number of thioether (sulfide) groups is 1. The molecule has 0 aliphatic carbocycles. The van der Waals surface area contributed by atoms with Crippen LogP contribution in [0.2, 0.25) is 0 Å². The van der Waals surface area contributed by atoms with Gasteiger partial charge in [0.1, 0.15) is 11.5 Å². The number of amides is 1. The fraction of sp³-hybridized carbons (Fsp3) is 0.222. The molecule has 1 saturated heterocycles. The van der Waals surface area contributed by atoms with Gasteiger partial charge in [0.15, 0.2) is 5.17 Å². The van der Waals surface area contributed by atoms with Gasteiger partial charge in [-0.3, -0.25) is 9.69 Å². The summed E-state index contributed by atoms with van der Waals surface area (Å²) in [6.45, 7) is 6.78. The van der Waals surface area contributed by atoms with Crippen molar-refractivity contribution in [3.63, 3.8) is 0 Å². The Morgan fingerprint density at radius 1 is 1.06 bits per heavy atom. The highest BCUT2D eigenvalue weighted by molar-refractivity contribution is 8.18. The zero-order valence-electron chi connectivity index (χ0n) is 19.4. The van der Waals surface area contributed by atoms with Crippen LogP contribution in [0.25, 0.3) is 17.4 Å². The minimum Gasteiger partial charge on any atom is -0.462 e. The van der Waals surface area contributed by atoms with E-state index in [1.807, 2.05) is 62.4 Å². The number of nitrogens with zero attached hydrogens (tertiary/aromatic N) is 2. The predicted octanol–water partition coefficient (Wildman–Crippen LogP) is 6.45. The summed E-state index contributed by atoms with van der Waals surface area (Å²) in [5, 5.41) is 0.670. The minimum absolute atomic E-state index is 0.0746. The first-order valence-corrected chi connectivity index (χ1v) is 12.0. The maximum atomic E-state index is 13.1. The number of rotatable bonds is 7. The molecule has 7 heteroatoms. The lowest BCUT2D eigenvalue weighted by atomic mass is 10.1. The molecule has 174 valence electrons. The number of carbonyl (C=O) groups excluding carboxylic acids is 2. The monoisotopic (exact) mass is 474 g/mol. The summed E-state index contributed by atoms with van der Waals surface area (Å²) < 4.78 is 11.0. The topological polar surface area (TPSA) is 72.1 Å². The number of aryl methyl sites for hydroxylation is 1. The molecular weight excluding hydrogens is 448 g/mol. The van der Waals surface area contributed by atoms with Gasteiger partial charge in [0.25, 0.3) is 5.91 Å². The van der Waals surface area contributed by atoms with Crippen molar-refractivity contribution >= 4 is 40.6 Å². The number of carbonyl (C=O) groups is 2. The lowest BCUT2D eigenvalue weighted by molar-refractivity contribution is -0.122. The predicted molar refractivity (Wildman–Crippen MR) is 136 cm³/mol. The van der Waals surface area contributed by atoms with Crippen LogP contribution in [-0.4, -0.2) is 35.1 Å². The van der Waals surface area contributed by atoms with Gasteiger partial charge < -0.3 is 9.15 Å². The van der Waals surface area contributed by atoms with Crippen molar-refractivity contribution in [1.82, 2.24) is 4.90 Å². The van der Waals surface area contributed by atoms with Crippen molar-refractivity contribution in [3.05, 3.63) is 82.5 Å². The summed E-state index contributed by atoms with van der Waals surface area (Å²) in [6, 6.07) is 18.6. The lowest BCUT2D eigenvalue weighted by Gasteiger charge is -2.13. The lowest BCUT2D eigenvalue weighted by Crippen LogP contribution is -2.29. The maximum absolute atomic E-state index is 13.1. The maximum Gasteiger partial charge on any atom is 0.338 e. The number of hydrogen-bond donors (Lipinski definition) is 0. The molecule has 1 aromatic heterocycles. The van der Waals surface area contributed by atoms with Crippen LogP contribution in [0.1, 0.15) is 41.9 Å². The van der Waals surface area contributed by atoms with Crippen LogP contribution in [-0.2, 0) is 9.53 Å². The van der Waals surface area contributed by atoms with Gasteiger partial charge in [-0.05, 0) is 68.4 Å². The van der Waals surface area contributed by atoms with Crippen molar-refractivity contribution in [2.75, 3.05) is 13.2 Å². The first-order chi connectivity index (χ1) is 16.5.